The molecule has 1 heterocycles. The maximum absolute atomic E-state index is 12.3. The van der Waals surface area contributed by atoms with Gasteiger partial charge in [0.25, 0.3) is 0 Å². The molecule has 7 heteroatoms. The third-order valence-electron chi connectivity index (χ3n) is 3.54. The van der Waals surface area contributed by atoms with Crippen molar-refractivity contribution in [1.82, 2.24) is 10.2 Å². The summed E-state index contributed by atoms with van der Waals surface area (Å²) in [5.74, 6) is -0.111. The number of amides is 2. The lowest BCUT2D eigenvalue weighted by atomic mass is 9.98. The van der Waals surface area contributed by atoms with Crippen LogP contribution in [0.1, 0.15) is 40.5 Å². The van der Waals surface area contributed by atoms with Crippen LogP contribution in [0.15, 0.2) is 0 Å². The van der Waals surface area contributed by atoms with E-state index in [1.54, 1.807) is 13.8 Å². The molecule has 0 bridgehead atoms. The van der Waals surface area contributed by atoms with Crippen LogP contribution in [0, 0.1) is 5.92 Å². The van der Waals surface area contributed by atoms with Gasteiger partial charge in [-0.25, -0.2) is 8.42 Å². The number of carbonyl (C=O) groups excluding carboxylic acids is 2. The standard InChI is InChI=1S/C14H26N2O4S/c1-5-7-21(19,20)8-6-16-12(9-10(2)3)13(17)15-11(4)14(16)18/h10-12H,5-9H2,1-4H3,(H,15,17). The molecule has 0 aromatic heterocycles. The molecule has 6 nitrogen and oxygen atoms in total. The van der Waals surface area contributed by atoms with Gasteiger partial charge in [0.1, 0.15) is 12.1 Å². The van der Waals surface area contributed by atoms with Crippen LogP contribution in [0.25, 0.3) is 0 Å². The molecule has 2 atom stereocenters. The fourth-order valence-corrected chi connectivity index (χ4v) is 3.81. The molecule has 1 aliphatic rings. The summed E-state index contributed by atoms with van der Waals surface area (Å²) in [5.41, 5.74) is 0. The zero-order valence-corrected chi connectivity index (χ0v) is 14.1. The predicted molar refractivity (Wildman–Crippen MR) is 81.5 cm³/mol. The molecule has 2 unspecified atom stereocenters. The van der Waals surface area contributed by atoms with Gasteiger partial charge in [-0.1, -0.05) is 20.8 Å². The first kappa shape index (κ1) is 17.9. The number of nitrogens with one attached hydrogen (secondary N) is 1. The third kappa shape index (κ3) is 4.98. The number of carbonyl (C=O) groups is 2. The fraction of sp³-hybridized carbons (Fsp3) is 0.857. The Bertz CT molecular complexity index is 487. The summed E-state index contributed by atoms with van der Waals surface area (Å²) in [6.45, 7) is 7.47. The second-order valence-corrected chi connectivity index (χ2v) is 8.36. The van der Waals surface area contributed by atoms with E-state index < -0.39 is 21.9 Å². The molecule has 0 aliphatic carbocycles. The molecular formula is C14H26N2O4S. The van der Waals surface area contributed by atoms with E-state index in [1.165, 1.54) is 4.90 Å². The Morgan fingerprint density at radius 3 is 2.38 bits per heavy atom. The van der Waals surface area contributed by atoms with E-state index in [2.05, 4.69) is 5.32 Å². The van der Waals surface area contributed by atoms with Crippen molar-refractivity contribution < 1.29 is 18.0 Å². The van der Waals surface area contributed by atoms with E-state index in [0.717, 1.165) is 0 Å². The van der Waals surface area contributed by atoms with Crippen LogP contribution in [0.2, 0.25) is 0 Å². The molecule has 1 fully saturated rings. The molecular weight excluding hydrogens is 292 g/mol. The van der Waals surface area contributed by atoms with E-state index in [-0.39, 0.29) is 35.8 Å². The first-order valence-corrected chi connectivity index (χ1v) is 9.31. The number of piperazine rings is 1. The summed E-state index contributed by atoms with van der Waals surface area (Å²) in [6, 6.07) is -1.15. The van der Waals surface area contributed by atoms with Crippen LogP contribution in [0.3, 0.4) is 0 Å². The van der Waals surface area contributed by atoms with Gasteiger partial charge in [0.05, 0.1) is 5.75 Å². The average molecular weight is 318 g/mol. The molecule has 2 amide bonds. The lowest BCUT2D eigenvalue weighted by molar-refractivity contribution is -0.149. The van der Waals surface area contributed by atoms with E-state index in [9.17, 15) is 18.0 Å². The maximum Gasteiger partial charge on any atom is 0.245 e. The molecule has 0 spiro atoms. The first-order valence-electron chi connectivity index (χ1n) is 7.49. The zero-order chi connectivity index (χ0) is 16.2. The summed E-state index contributed by atoms with van der Waals surface area (Å²) in [7, 11) is -3.17. The number of nitrogens with zero attached hydrogens (tertiary/aromatic N) is 1. The Kier molecular flexibility index (Phi) is 6.19. The monoisotopic (exact) mass is 318 g/mol. The van der Waals surface area contributed by atoms with Gasteiger partial charge in [0.15, 0.2) is 9.84 Å². The van der Waals surface area contributed by atoms with Crippen LogP contribution in [0.5, 0.6) is 0 Å². The normalized spacial score (nSPS) is 23.6. The number of hydrogen-bond acceptors (Lipinski definition) is 4. The minimum Gasteiger partial charge on any atom is -0.343 e. The number of sulfone groups is 1. The summed E-state index contributed by atoms with van der Waals surface area (Å²) >= 11 is 0. The summed E-state index contributed by atoms with van der Waals surface area (Å²) in [5, 5.41) is 2.66. The van der Waals surface area contributed by atoms with Crippen molar-refractivity contribution in [3.05, 3.63) is 0 Å². The molecule has 0 aromatic rings. The van der Waals surface area contributed by atoms with Crippen molar-refractivity contribution in [3.63, 3.8) is 0 Å². The highest BCUT2D eigenvalue weighted by Crippen LogP contribution is 2.17. The Balaban J connectivity index is 2.85. The molecule has 122 valence electrons. The van der Waals surface area contributed by atoms with Crippen LogP contribution >= 0.6 is 0 Å². The van der Waals surface area contributed by atoms with Crippen molar-refractivity contribution in [3.8, 4) is 0 Å². The Morgan fingerprint density at radius 1 is 1.24 bits per heavy atom. The van der Waals surface area contributed by atoms with Gasteiger partial charge in [0.2, 0.25) is 11.8 Å². The quantitative estimate of drug-likeness (QED) is 0.744. The first-order chi connectivity index (χ1) is 9.68. The van der Waals surface area contributed by atoms with Crippen LogP contribution in [-0.2, 0) is 19.4 Å². The van der Waals surface area contributed by atoms with Crippen LogP contribution < -0.4 is 5.32 Å². The molecule has 0 radical (unpaired) electrons. The maximum atomic E-state index is 12.3. The summed E-state index contributed by atoms with van der Waals surface area (Å²) in [6.07, 6.45) is 1.10. The number of rotatable bonds is 7. The van der Waals surface area contributed by atoms with Crippen molar-refractivity contribution in [1.29, 1.82) is 0 Å². The Hall–Kier alpha value is -1.11. The van der Waals surface area contributed by atoms with Crippen LogP contribution in [-0.4, -0.2) is 55.3 Å². The molecule has 1 N–H and O–H groups in total. The van der Waals surface area contributed by atoms with E-state index in [1.807, 2.05) is 13.8 Å². The molecule has 0 saturated carbocycles. The molecule has 1 aliphatic heterocycles. The van der Waals surface area contributed by atoms with E-state index in [0.29, 0.717) is 12.8 Å². The fourth-order valence-electron chi connectivity index (χ4n) is 2.51. The summed E-state index contributed by atoms with van der Waals surface area (Å²) < 4.78 is 23.7. The largest absolute Gasteiger partial charge is 0.343 e. The average Bonchev–Trinajstić information content (AvgIpc) is 2.34. The minimum atomic E-state index is -3.17. The molecule has 1 saturated heterocycles. The third-order valence-corrected chi connectivity index (χ3v) is 5.38. The predicted octanol–water partition coefficient (Wildman–Crippen LogP) is 0.573. The van der Waals surface area contributed by atoms with Crippen molar-refractivity contribution in [2.45, 2.75) is 52.6 Å². The smallest absolute Gasteiger partial charge is 0.245 e. The van der Waals surface area contributed by atoms with Gasteiger partial charge < -0.3 is 10.2 Å². The topological polar surface area (TPSA) is 83.6 Å². The highest BCUT2D eigenvalue weighted by atomic mass is 32.2. The van der Waals surface area contributed by atoms with E-state index >= 15 is 0 Å². The van der Waals surface area contributed by atoms with E-state index in [4.69, 9.17) is 0 Å². The van der Waals surface area contributed by atoms with Gasteiger partial charge in [-0.05, 0) is 25.7 Å². The zero-order valence-electron chi connectivity index (χ0n) is 13.3. The van der Waals surface area contributed by atoms with Crippen molar-refractivity contribution in [2.24, 2.45) is 5.92 Å². The van der Waals surface area contributed by atoms with Crippen LogP contribution in [0.4, 0.5) is 0 Å². The number of hydrogen-bond donors (Lipinski definition) is 1. The van der Waals surface area contributed by atoms with Gasteiger partial charge in [-0.2, -0.15) is 0 Å². The van der Waals surface area contributed by atoms with Gasteiger partial charge >= 0.3 is 0 Å². The highest BCUT2D eigenvalue weighted by molar-refractivity contribution is 7.91. The summed E-state index contributed by atoms with van der Waals surface area (Å²) in [4.78, 5) is 25.8. The second-order valence-electron chi connectivity index (χ2n) is 6.06. The second kappa shape index (κ2) is 7.24. The lowest BCUT2D eigenvalue weighted by Crippen LogP contribution is -2.63. The van der Waals surface area contributed by atoms with Gasteiger partial charge in [0, 0.05) is 12.3 Å². The van der Waals surface area contributed by atoms with Gasteiger partial charge in [-0.15, -0.1) is 0 Å². The van der Waals surface area contributed by atoms with Crippen molar-refractivity contribution in [2.75, 3.05) is 18.1 Å². The lowest BCUT2D eigenvalue weighted by Gasteiger charge is -2.38. The SMILES string of the molecule is CCCS(=O)(=O)CCN1C(=O)C(C)NC(=O)C1CC(C)C. The Labute approximate surface area is 127 Å². The minimum absolute atomic E-state index is 0.0822. The molecule has 21 heavy (non-hydrogen) atoms. The van der Waals surface area contributed by atoms with Gasteiger partial charge in [-0.3, -0.25) is 9.59 Å². The Morgan fingerprint density at radius 2 is 1.86 bits per heavy atom. The molecule has 1 rings (SSSR count). The molecule has 0 aromatic carbocycles. The van der Waals surface area contributed by atoms with Crippen molar-refractivity contribution >= 4 is 21.7 Å². The highest BCUT2D eigenvalue weighted by Gasteiger charge is 2.38.